The molecule has 0 atom stereocenters. The lowest BCUT2D eigenvalue weighted by Gasteiger charge is -2.05. The van der Waals surface area contributed by atoms with Crippen molar-refractivity contribution < 1.29 is 9.18 Å². The minimum Gasteiger partial charge on any atom is -0.313 e. The number of Topliss-reactive ketones (excluding diaryl/α,β-unsaturated/α-hetero) is 1. The highest BCUT2D eigenvalue weighted by Gasteiger charge is 2.12. The molecule has 0 unspecified atom stereocenters. The molecule has 0 radical (unpaired) electrons. The summed E-state index contributed by atoms with van der Waals surface area (Å²) in [6, 6.07) is 5.01. The molecule has 0 amide bonds. The Balaban J connectivity index is 2.79. The summed E-state index contributed by atoms with van der Waals surface area (Å²) in [5.74, 6) is -1.05. The minimum atomic E-state index is -0.767. The third-order valence-corrected chi connectivity index (χ3v) is 2.42. The molecule has 0 spiro atoms. The molecule has 0 aliphatic heterocycles. The maximum Gasteiger partial charge on any atom is 0.333 e. The average molecular weight is 248 g/mol. The number of nitrogens with zero attached hydrogens (tertiary/aromatic N) is 1. The molecule has 1 heterocycles. The molecule has 0 saturated carbocycles. The van der Waals surface area contributed by atoms with Gasteiger partial charge in [-0.2, -0.15) is 0 Å². The lowest BCUT2D eigenvalue weighted by Crippen LogP contribution is -2.36. The summed E-state index contributed by atoms with van der Waals surface area (Å²) in [7, 11) is 0. The fourth-order valence-corrected chi connectivity index (χ4v) is 1.57. The van der Waals surface area contributed by atoms with E-state index in [9.17, 15) is 18.8 Å². The van der Waals surface area contributed by atoms with Crippen molar-refractivity contribution in [2.24, 2.45) is 0 Å². The Morgan fingerprint density at radius 3 is 2.67 bits per heavy atom. The number of aromatic nitrogens is 2. The van der Waals surface area contributed by atoms with E-state index >= 15 is 0 Å². The van der Waals surface area contributed by atoms with Crippen molar-refractivity contribution in [3.63, 3.8) is 0 Å². The van der Waals surface area contributed by atoms with Crippen molar-refractivity contribution in [3.8, 4) is 5.69 Å². The second kappa shape index (κ2) is 4.40. The smallest absolute Gasteiger partial charge is 0.313 e. The Bertz CT molecular complexity index is 731. The van der Waals surface area contributed by atoms with Gasteiger partial charge in [-0.25, -0.2) is 13.8 Å². The van der Waals surface area contributed by atoms with Gasteiger partial charge in [-0.1, -0.05) is 6.07 Å². The van der Waals surface area contributed by atoms with E-state index in [1.165, 1.54) is 25.1 Å². The van der Waals surface area contributed by atoms with Gasteiger partial charge in [-0.3, -0.25) is 9.59 Å². The first-order chi connectivity index (χ1) is 8.50. The van der Waals surface area contributed by atoms with Crippen LogP contribution < -0.4 is 11.2 Å². The van der Waals surface area contributed by atoms with Crippen LogP contribution in [-0.2, 0) is 0 Å². The zero-order valence-corrected chi connectivity index (χ0v) is 9.44. The molecule has 18 heavy (non-hydrogen) atoms. The van der Waals surface area contributed by atoms with Crippen molar-refractivity contribution >= 4 is 5.78 Å². The number of carbonyl (C=O) groups excluding carboxylic acids is 1. The molecule has 0 bridgehead atoms. The molecule has 6 heteroatoms. The van der Waals surface area contributed by atoms with E-state index in [0.29, 0.717) is 0 Å². The standard InChI is InChI=1S/C12H9FN2O3/c1-7(16)10-6-14-12(18)15(11(10)17)9-4-2-3-8(13)5-9/h2-6H,1H3,(H,14,18). The molecule has 0 fully saturated rings. The Kier molecular flexibility index (Phi) is 2.93. The number of carbonyl (C=O) groups is 1. The van der Waals surface area contributed by atoms with Gasteiger partial charge in [-0.15, -0.1) is 0 Å². The van der Waals surface area contributed by atoms with Gasteiger partial charge in [0.15, 0.2) is 5.78 Å². The number of benzene rings is 1. The third-order valence-electron chi connectivity index (χ3n) is 2.42. The van der Waals surface area contributed by atoms with Gasteiger partial charge in [-0.05, 0) is 25.1 Å². The zero-order valence-electron chi connectivity index (χ0n) is 9.44. The third kappa shape index (κ3) is 2.00. The lowest BCUT2D eigenvalue weighted by atomic mass is 10.2. The number of hydrogen-bond acceptors (Lipinski definition) is 3. The molecule has 5 nitrogen and oxygen atoms in total. The molecule has 92 valence electrons. The van der Waals surface area contributed by atoms with Gasteiger partial charge in [0.25, 0.3) is 5.56 Å². The van der Waals surface area contributed by atoms with E-state index in [-0.39, 0.29) is 11.3 Å². The Morgan fingerprint density at radius 1 is 1.33 bits per heavy atom. The number of nitrogens with one attached hydrogen (secondary N) is 1. The fourth-order valence-electron chi connectivity index (χ4n) is 1.57. The Hall–Kier alpha value is -2.50. The molecule has 1 aromatic carbocycles. The van der Waals surface area contributed by atoms with Gasteiger partial charge in [0.05, 0.1) is 11.3 Å². The first-order valence-corrected chi connectivity index (χ1v) is 5.12. The van der Waals surface area contributed by atoms with Crippen LogP contribution in [0.2, 0.25) is 0 Å². The number of hydrogen-bond donors (Lipinski definition) is 1. The van der Waals surface area contributed by atoms with Crippen molar-refractivity contribution in [3.05, 3.63) is 62.7 Å². The topological polar surface area (TPSA) is 71.9 Å². The number of aromatic amines is 1. The van der Waals surface area contributed by atoms with Crippen molar-refractivity contribution in [2.45, 2.75) is 6.92 Å². The summed E-state index contributed by atoms with van der Waals surface area (Å²) in [5, 5.41) is 0. The molecular formula is C12H9FN2O3. The largest absolute Gasteiger partial charge is 0.333 e. The molecular weight excluding hydrogens is 239 g/mol. The van der Waals surface area contributed by atoms with Crippen LogP contribution in [0.15, 0.2) is 40.1 Å². The van der Waals surface area contributed by atoms with Crippen LogP contribution in [0.25, 0.3) is 5.69 Å². The molecule has 2 aromatic rings. The second-order valence-corrected chi connectivity index (χ2v) is 3.68. The average Bonchev–Trinajstić information content (AvgIpc) is 2.28. The highest BCUT2D eigenvalue weighted by Crippen LogP contribution is 2.05. The van der Waals surface area contributed by atoms with E-state index in [4.69, 9.17) is 0 Å². The highest BCUT2D eigenvalue weighted by atomic mass is 19.1. The van der Waals surface area contributed by atoms with Gasteiger partial charge >= 0.3 is 5.69 Å². The summed E-state index contributed by atoms with van der Waals surface area (Å²) in [4.78, 5) is 37.0. The number of halogens is 1. The molecule has 1 aromatic heterocycles. The van der Waals surface area contributed by atoms with Crippen LogP contribution in [0.5, 0.6) is 0 Å². The minimum absolute atomic E-state index is 0.0735. The number of H-pyrrole nitrogens is 1. The van der Waals surface area contributed by atoms with E-state index < -0.39 is 22.8 Å². The molecule has 0 aliphatic rings. The van der Waals surface area contributed by atoms with Crippen LogP contribution in [-0.4, -0.2) is 15.3 Å². The van der Waals surface area contributed by atoms with Gasteiger partial charge < -0.3 is 4.98 Å². The lowest BCUT2D eigenvalue weighted by molar-refractivity contribution is 0.101. The predicted octanol–water partition coefficient (Wildman–Crippen LogP) is 0.868. The van der Waals surface area contributed by atoms with Gasteiger partial charge in [0.1, 0.15) is 5.82 Å². The van der Waals surface area contributed by atoms with Crippen LogP contribution in [0, 0.1) is 5.82 Å². The SMILES string of the molecule is CC(=O)c1c[nH]c(=O)n(-c2cccc(F)c2)c1=O. The number of rotatable bonds is 2. The van der Waals surface area contributed by atoms with Crippen molar-refractivity contribution in [1.82, 2.24) is 9.55 Å². The van der Waals surface area contributed by atoms with E-state index in [2.05, 4.69) is 4.98 Å². The molecule has 2 rings (SSSR count). The quantitative estimate of drug-likeness (QED) is 0.801. The van der Waals surface area contributed by atoms with Crippen molar-refractivity contribution in [2.75, 3.05) is 0 Å². The molecule has 0 aliphatic carbocycles. The molecule has 0 saturated heterocycles. The first-order valence-electron chi connectivity index (χ1n) is 5.12. The van der Waals surface area contributed by atoms with Crippen LogP contribution in [0.4, 0.5) is 4.39 Å². The van der Waals surface area contributed by atoms with Gasteiger partial charge in [0.2, 0.25) is 0 Å². The molecule has 1 N–H and O–H groups in total. The van der Waals surface area contributed by atoms with E-state index in [1.807, 2.05) is 0 Å². The Morgan fingerprint density at radius 2 is 2.06 bits per heavy atom. The Labute approximate surface area is 101 Å². The van der Waals surface area contributed by atoms with Gasteiger partial charge in [0, 0.05) is 6.20 Å². The van der Waals surface area contributed by atoms with Crippen LogP contribution in [0.1, 0.15) is 17.3 Å². The predicted molar refractivity (Wildman–Crippen MR) is 62.6 cm³/mol. The monoisotopic (exact) mass is 248 g/mol. The summed E-state index contributed by atoms with van der Waals surface area (Å²) in [5.41, 5.74) is -1.57. The summed E-state index contributed by atoms with van der Waals surface area (Å²) in [6.07, 6.45) is 1.06. The maximum absolute atomic E-state index is 13.1. The summed E-state index contributed by atoms with van der Waals surface area (Å²) >= 11 is 0. The number of ketones is 1. The highest BCUT2D eigenvalue weighted by molar-refractivity contribution is 5.93. The van der Waals surface area contributed by atoms with E-state index in [0.717, 1.165) is 16.8 Å². The van der Waals surface area contributed by atoms with Crippen LogP contribution >= 0.6 is 0 Å². The first kappa shape index (κ1) is 12.0. The van der Waals surface area contributed by atoms with Crippen LogP contribution in [0.3, 0.4) is 0 Å². The zero-order chi connectivity index (χ0) is 13.3. The second-order valence-electron chi connectivity index (χ2n) is 3.68. The maximum atomic E-state index is 13.1. The normalized spacial score (nSPS) is 10.3. The summed E-state index contributed by atoms with van der Waals surface area (Å²) in [6.45, 7) is 1.21. The van der Waals surface area contributed by atoms with E-state index in [1.54, 1.807) is 0 Å². The fraction of sp³-hybridized carbons (Fsp3) is 0.0833. The van der Waals surface area contributed by atoms with Crippen molar-refractivity contribution in [1.29, 1.82) is 0 Å². The summed E-state index contributed by atoms with van der Waals surface area (Å²) < 4.78 is 13.8.